The molecular weight excluding hydrogens is 188 g/mol. The number of rotatable bonds is 2. The highest BCUT2D eigenvalue weighted by Crippen LogP contribution is 2.24. The molecule has 1 unspecified atom stereocenters. The van der Waals surface area contributed by atoms with Crippen molar-refractivity contribution in [3.8, 4) is 0 Å². The lowest BCUT2D eigenvalue weighted by Crippen LogP contribution is -2.28. The molecule has 3 nitrogen and oxygen atoms in total. The molecule has 0 saturated heterocycles. The van der Waals surface area contributed by atoms with E-state index in [1.165, 1.54) is 0 Å². The van der Waals surface area contributed by atoms with E-state index in [-0.39, 0.29) is 0 Å². The Morgan fingerprint density at radius 3 is 2.73 bits per heavy atom. The molecule has 1 heterocycles. The van der Waals surface area contributed by atoms with E-state index in [1.807, 2.05) is 37.4 Å². The molecule has 3 heteroatoms. The highest BCUT2D eigenvalue weighted by atomic mass is 16.3. The van der Waals surface area contributed by atoms with Gasteiger partial charge in [-0.05, 0) is 19.1 Å². The quantitative estimate of drug-likeness (QED) is 0.757. The lowest BCUT2D eigenvalue weighted by atomic mass is 10.2. The third-order valence-electron chi connectivity index (χ3n) is 2.55. The maximum Gasteiger partial charge on any atom is 0.123 e. The Hall–Kier alpha value is -1.61. The molecule has 0 saturated carbocycles. The lowest BCUT2D eigenvalue weighted by molar-refractivity contribution is 0.195. The van der Waals surface area contributed by atoms with E-state index in [1.54, 1.807) is 18.0 Å². The van der Waals surface area contributed by atoms with E-state index in [4.69, 9.17) is 0 Å². The summed E-state index contributed by atoms with van der Waals surface area (Å²) in [5.41, 5.74) is 1.87. The summed E-state index contributed by atoms with van der Waals surface area (Å²) >= 11 is 0. The third-order valence-corrected chi connectivity index (χ3v) is 2.55. The Morgan fingerprint density at radius 2 is 2.00 bits per heavy atom. The standard InChI is InChI=1S/C12H14N2O/c1-9(15)14(2)11-7-3-5-10-6-4-8-13-12(10)11/h3-9,15H,1-2H3. The summed E-state index contributed by atoms with van der Waals surface area (Å²) < 4.78 is 0. The predicted octanol–water partition coefficient (Wildman–Crippen LogP) is 2.01. The summed E-state index contributed by atoms with van der Waals surface area (Å²) in [6.45, 7) is 1.74. The highest BCUT2D eigenvalue weighted by molar-refractivity contribution is 5.90. The zero-order chi connectivity index (χ0) is 10.8. The van der Waals surface area contributed by atoms with Crippen LogP contribution >= 0.6 is 0 Å². The first kappa shape index (κ1) is 9.93. The monoisotopic (exact) mass is 202 g/mol. The van der Waals surface area contributed by atoms with Gasteiger partial charge in [0, 0.05) is 18.6 Å². The molecule has 1 aromatic heterocycles. The molecule has 0 fully saturated rings. The number of fused-ring (bicyclic) bond motifs is 1. The number of hydrogen-bond donors (Lipinski definition) is 1. The molecule has 2 rings (SSSR count). The van der Waals surface area contributed by atoms with Gasteiger partial charge in [0.05, 0.1) is 11.2 Å². The van der Waals surface area contributed by atoms with Gasteiger partial charge in [-0.2, -0.15) is 0 Å². The topological polar surface area (TPSA) is 36.4 Å². The normalized spacial score (nSPS) is 12.7. The second-order valence-corrected chi connectivity index (χ2v) is 3.60. The van der Waals surface area contributed by atoms with Crippen molar-refractivity contribution in [3.05, 3.63) is 36.5 Å². The first-order valence-electron chi connectivity index (χ1n) is 4.95. The molecular formula is C12H14N2O. The van der Waals surface area contributed by atoms with Crippen LogP contribution < -0.4 is 4.90 Å². The van der Waals surface area contributed by atoms with Gasteiger partial charge >= 0.3 is 0 Å². The molecule has 2 aromatic rings. The Labute approximate surface area is 89.0 Å². The Bertz CT molecular complexity index is 463. The SMILES string of the molecule is CC(O)N(C)c1cccc2cccnc12. The fourth-order valence-electron chi connectivity index (χ4n) is 1.57. The van der Waals surface area contributed by atoms with Crippen molar-refractivity contribution in [2.24, 2.45) is 0 Å². The fraction of sp³-hybridized carbons (Fsp3) is 0.250. The number of aliphatic hydroxyl groups is 1. The van der Waals surface area contributed by atoms with Crippen molar-refractivity contribution in [2.45, 2.75) is 13.2 Å². The number of anilines is 1. The van der Waals surface area contributed by atoms with Crippen molar-refractivity contribution >= 4 is 16.6 Å². The average Bonchev–Trinajstić information content (AvgIpc) is 2.27. The summed E-state index contributed by atoms with van der Waals surface area (Å²) in [4.78, 5) is 6.13. The van der Waals surface area contributed by atoms with E-state index < -0.39 is 6.23 Å². The van der Waals surface area contributed by atoms with Crippen LogP contribution in [0.4, 0.5) is 5.69 Å². The van der Waals surface area contributed by atoms with Crippen molar-refractivity contribution < 1.29 is 5.11 Å². The van der Waals surface area contributed by atoms with Crippen LogP contribution in [0.2, 0.25) is 0 Å². The summed E-state index contributed by atoms with van der Waals surface area (Å²) in [5, 5.41) is 10.6. The van der Waals surface area contributed by atoms with Crippen LogP contribution in [0, 0.1) is 0 Å². The second-order valence-electron chi connectivity index (χ2n) is 3.60. The van der Waals surface area contributed by atoms with Gasteiger partial charge in [-0.1, -0.05) is 18.2 Å². The van der Waals surface area contributed by atoms with E-state index in [0.29, 0.717) is 0 Å². The number of hydrogen-bond acceptors (Lipinski definition) is 3. The van der Waals surface area contributed by atoms with Crippen molar-refractivity contribution in [2.75, 3.05) is 11.9 Å². The molecule has 0 bridgehead atoms. The van der Waals surface area contributed by atoms with Gasteiger partial charge in [0.1, 0.15) is 6.23 Å². The molecule has 78 valence electrons. The molecule has 0 amide bonds. The Kier molecular flexibility index (Phi) is 2.56. The van der Waals surface area contributed by atoms with E-state index >= 15 is 0 Å². The number of nitrogens with zero attached hydrogens (tertiary/aromatic N) is 2. The van der Waals surface area contributed by atoms with Gasteiger partial charge in [0.25, 0.3) is 0 Å². The van der Waals surface area contributed by atoms with Crippen LogP contribution in [0.15, 0.2) is 36.5 Å². The zero-order valence-corrected chi connectivity index (χ0v) is 8.88. The van der Waals surface area contributed by atoms with E-state index in [9.17, 15) is 5.11 Å². The minimum absolute atomic E-state index is 0.516. The maximum atomic E-state index is 9.53. The molecule has 15 heavy (non-hydrogen) atoms. The van der Waals surface area contributed by atoms with Crippen LogP contribution in [0.5, 0.6) is 0 Å². The van der Waals surface area contributed by atoms with Crippen molar-refractivity contribution in [1.82, 2.24) is 4.98 Å². The van der Waals surface area contributed by atoms with Gasteiger partial charge in [0.2, 0.25) is 0 Å². The van der Waals surface area contributed by atoms with Gasteiger partial charge < -0.3 is 10.0 Å². The molecule has 0 aliphatic heterocycles. The number of para-hydroxylation sites is 1. The molecule has 1 N–H and O–H groups in total. The Morgan fingerprint density at radius 1 is 1.27 bits per heavy atom. The molecule has 0 aliphatic rings. The number of aliphatic hydroxyl groups excluding tert-OH is 1. The summed E-state index contributed by atoms with van der Waals surface area (Å²) in [6.07, 6.45) is 1.25. The molecule has 0 spiro atoms. The van der Waals surface area contributed by atoms with E-state index in [0.717, 1.165) is 16.6 Å². The van der Waals surface area contributed by atoms with Crippen LogP contribution in [0.3, 0.4) is 0 Å². The predicted molar refractivity (Wildman–Crippen MR) is 61.8 cm³/mol. The van der Waals surface area contributed by atoms with Crippen LogP contribution in [-0.2, 0) is 0 Å². The number of benzene rings is 1. The fourth-order valence-corrected chi connectivity index (χ4v) is 1.57. The highest BCUT2D eigenvalue weighted by Gasteiger charge is 2.09. The first-order valence-corrected chi connectivity index (χ1v) is 4.95. The van der Waals surface area contributed by atoms with Crippen LogP contribution in [0.25, 0.3) is 10.9 Å². The molecule has 0 aliphatic carbocycles. The molecule has 0 radical (unpaired) electrons. The van der Waals surface area contributed by atoms with Gasteiger partial charge in [-0.15, -0.1) is 0 Å². The summed E-state index contributed by atoms with van der Waals surface area (Å²) in [6, 6.07) is 9.87. The summed E-state index contributed by atoms with van der Waals surface area (Å²) in [5.74, 6) is 0. The third kappa shape index (κ3) is 1.78. The number of pyridine rings is 1. The van der Waals surface area contributed by atoms with Crippen LogP contribution in [-0.4, -0.2) is 23.4 Å². The first-order chi connectivity index (χ1) is 7.20. The number of aromatic nitrogens is 1. The molecule has 1 aromatic carbocycles. The molecule has 1 atom stereocenters. The smallest absolute Gasteiger partial charge is 0.123 e. The minimum Gasteiger partial charge on any atom is -0.374 e. The van der Waals surface area contributed by atoms with Crippen LogP contribution in [0.1, 0.15) is 6.92 Å². The summed E-state index contributed by atoms with van der Waals surface area (Å²) in [7, 11) is 1.86. The van der Waals surface area contributed by atoms with Gasteiger partial charge in [0.15, 0.2) is 0 Å². The van der Waals surface area contributed by atoms with Crippen molar-refractivity contribution in [3.63, 3.8) is 0 Å². The van der Waals surface area contributed by atoms with Gasteiger partial charge in [-0.25, -0.2) is 0 Å². The maximum absolute atomic E-state index is 9.53. The minimum atomic E-state index is -0.516. The zero-order valence-electron chi connectivity index (χ0n) is 8.88. The lowest BCUT2D eigenvalue weighted by Gasteiger charge is -2.23. The second kappa shape index (κ2) is 3.87. The average molecular weight is 202 g/mol. The largest absolute Gasteiger partial charge is 0.374 e. The van der Waals surface area contributed by atoms with Crippen molar-refractivity contribution in [1.29, 1.82) is 0 Å². The van der Waals surface area contributed by atoms with Gasteiger partial charge in [-0.3, -0.25) is 4.98 Å². The van der Waals surface area contributed by atoms with E-state index in [2.05, 4.69) is 4.98 Å². The Balaban J connectivity index is 2.60.